The van der Waals surface area contributed by atoms with Crippen LogP contribution in [0.15, 0.2) is 42.5 Å². The van der Waals surface area contributed by atoms with E-state index in [1.54, 1.807) is 0 Å². The van der Waals surface area contributed by atoms with Crippen LogP contribution in [-0.2, 0) is 6.42 Å². The van der Waals surface area contributed by atoms with Gasteiger partial charge in [0.15, 0.2) is 5.78 Å². The quantitative estimate of drug-likeness (QED) is 0.746. The van der Waals surface area contributed by atoms with E-state index in [0.29, 0.717) is 6.42 Å². The molecule has 1 nitrogen and oxygen atoms in total. The molecular formula is C17H14F2O. The Morgan fingerprint density at radius 2 is 1.90 bits per heavy atom. The molecule has 0 bridgehead atoms. The number of halogens is 2. The Morgan fingerprint density at radius 1 is 1.10 bits per heavy atom. The Kier molecular flexibility index (Phi) is 3.35. The molecule has 1 unspecified atom stereocenters. The van der Waals surface area contributed by atoms with Crippen LogP contribution < -0.4 is 0 Å². The minimum Gasteiger partial charge on any atom is -0.293 e. The van der Waals surface area contributed by atoms with Crippen LogP contribution in [0.3, 0.4) is 0 Å². The van der Waals surface area contributed by atoms with Crippen molar-refractivity contribution in [1.82, 2.24) is 0 Å². The Hall–Kier alpha value is -2.03. The van der Waals surface area contributed by atoms with Crippen molar-refractivity contribution in [2.24, 2.45) is 0 Å². The van der Waals surface area contributed by atoms with Crippen molar-refractivity contribution < 1.29 is 13.6 Å². The van der Waals surface area contributed by atoms with Gasteiger partial charge in [-0.2, -0.15) is 0 Å². The Labute approximate surface area is 116 Å². The third-order valence-electron chi connectivity index (χ3n) is 3.88. The summed E-state index contributed by atoms with van der Waals surface area (Å²) in [5.74, 6) is -2.02. The van der Waals surface area contributed by atoms with Crippen molar-refractivity contribution in [2.45, 2.75) is 25.2 Å². The number of hydrogen-bond donors (Lipinski definition) is 0. The molecule has 3 rings (SSSR count). The summed E-state index contributed by atoms with van der Waals surface area (Å²) in [6.07, 6.45) is 2.58. The molecular weight excluding hydrogens is 258 g/mol. The molecule has 0 radical (unpaired) electrons. The monoisotopic (exact) mass is 272 g/mol. The topological polar surface area (TPSA) is 17.1 Å². The molecule has 0 amide bonds. The second-order valence-corrected chi connectivity index (χ2v) is 5.13. The highest BCUT2D eigenvalue weighted by atomic mass is 19.1. The highest BCUT2D eigenvalue weighted by Gasteiger charge is 2.28. The number of carbonyl (C=O) groups is 1. The summed E-state index contributed by atoms with van der Waals surface area (Å²) in [5, 5.41) is 0. The summed E-state index contributed by atoms with van der Waals surface area (Å²) in [7, 11) is 0. The normalized spacial score (nSPS) is 17.6. The van der Waals surface area contributed by atoms with Crippen LogP contribution in [0, 0.1) is 11.6 Å². The summed E-state index contributed by atoms with van der Waals surface area (Å²) in [5.41, 5.74) is 2.11. The number of carbonyl (C=O) groups excluding carboxylic acids is 1. The minimum absolute atomic E-state index is 0.0203. The lowest BCUT2D eigenvalue weighted by atomic mass is 9.79. The van der Waals surface area contributed by atoms with Crippen LogP contribution in [0.25, 0.3) is 0 Å². The first-order valence-corrected chi connectivity index (χ1v) is 6.74. The summed E-state index contributed by atoms with van der Waals surface area (Å²) >= 11 is 0. The molecule has 0 aromatic heterocycles. The number of benzene rings is 2. The molecule has 0 N–H and O–H groups in total. The van der Waals surface area contributed by atoms with Crippen molar-refractivity contribution in [3.63, 3.8) is 0 Å². The third-order valence-corrected chi connectivity index (χ3v) is 3.88. The first-order chi connectivity index (χ1) is 9.66. The van der Waals surface area contributed by atoms with Crippen LogP contribution in [-0.4, -0.2) is 5.78 Å². The van der Waals surface area contributed by atoms with Crippen molar-refractivity contribution >= 4 is 5.78 Å². The van der Waals surface area contributed by atoms with E-state index in [-0.39, 0.29) is 17.3 Å². The first kappa shape index (κ1) is 13.0. The lowest BCUT2D eigenvalue weighted by molar-refractivity contribution is 0.0947. The van der Waals surface area contributed by atoms with Gasteiger partial charge in [-0.1, -0.05) is 24.3 Å². The summed E-state index contributed by atoms with van der Waals surface area (Å²) in [4.78, 5) is 12.5. The van der Waals surface area contributed by atoms with Crippen LogP contribution in [0.2, 0.25) is 0 Å². The number of Topliss-reactive ketones (excluding diaryl/α,β-unsaturated/α-hetero) is 1. The average molecular weight is 272 g/mol. The number of aryl methyl sites for hydroxylation is 1. The Morgan fingerprint density at radius 3 is 2.70 bits per heavy atom. The van der Waals surface area contributed by atoms with Gasteiger partial charge < -0.3 is 0 Å². The molecule has 0 saturated heterocycles. The van der Waals surface area contributed by atoms with E-state index < -0.39 is 11.6 Å². The Bertz CT molecular complexity index is 664. The molecule has 0 saturated carbocycles. The lowest BCUT2D eigenvalue weighted by Gasteiger charge is -2.24. The molecule has 1 aliphatic carbocycles. The summed E-state index contributed by atoms with van der Waals surface area (Å²) < 4.78 is 26.7. The van der Waals surface area contributed by atoms with Crippen molar-refractivity contribution in [2.75, 3.05) is 0 Å². The second kappa shape index (κ2) is 5.16. The van der Waals surface area contributed by atoms with Gasteiger partial charge in [0, 0.05) is 12.0 Å². The molecule has 0 fully saturated rings. The van der Waals surface area contributed by atoms with Gasteiger partial charge in [0.1, 0.15) is 11.6 Å². The van der Waals surface area contributed by atoms with Gasteiger partial charge in [0.2, 0.25) is 0 Å². The molecule has 1 atom stereocenters. The smallest absolute Gasteiger partial charge is 0.173 e. The van der Waals surface area contributed by atoms with Crippen molar-refractivity contribution in [3.05, 3.63) is 70.8 Å². The van der Waals surface area contributed by atoms with Crippen LogP contribution in [0.1, 0.15) is 40.2 Å². The zero-order valence-corrected chi connectivity index (χ0v) is 10.9. The maximum Gasteiger partial charge on any atom is 0.173 e. The fourth-order valence-corrected chi connectivity index (χ4v) is 2.90. The van der Waals surface area contributed by atoms with Gasteiger partial charge in [0.25, 0.3) is 0 Å². The van der Waals surface area contributed by atoms with Gasteiger partial charge in [-0.05, 0) is 42.5 Å². The largest absolute Gasteiger partial charge is 0.293 e. The van der Waals surface area contributed by atoms with E-state index in [1.165, 1.54) is 6.07 Å². The molecule has 1 aliphatic rings. The van der Waals surface area contributed by atoms with Crippen LogP contribution in [0.4, 0.5) is 8.78 Å². The number of fused-ring (bicyclic) bond motifs is 1. The van der Waals surface area contributed by atoms with Gasteiger partial charge >= 0.3 is 0 Å². The molecule has 2 aromatic carbocycles. The highest BCUT2D eigenvalue weighted by Crippen LogP contribution is 2.34. The number of rotatable bonds is 2. The van der Waals surface area contributed by atoms with Crippen LogP contribution >= 0.6 is 0 Å². The predicted molar refractivity (Wildman–Crippen MR) is 72.8 cm³/mol. The number of ketones is 1. The fourth-order valence-electron chi connectivity index (χ4n) is 2.90. The van der Waals surface area contributed by atoms with E-state index >= 15 is 0 Å². The summed E-state index contributed by atoms with van der Waals surface area (Å²) in [6.45, 7) is 0. The SMILES string of the molecule is O=C(c1ccc(F)cc1F)C1CCCc2ccccc21. The molecule has 0 spiro atoms. The van der Waals surface area contributed by atoms with E-state index in [2.05, 4.69) is 0 Å². The highest BCUT2D eigenvalue weighted by molar-refractivity contribution is 6.01. The van der Waals surface area contributed by atoms with Crippen molar-refractivity contribution in [3.8, 4) is 0 Å². The molecule has 0 heterocycles. The molecule has 0 aliphatic heterocycles. The molecule has 2 aromatic rings. The minimum atomic E-state index is -0.780. The van der Waals surface area contributed by atoms with E-state index in [4.69, 9.17) is 0 Å². The maximum absolute atomic E-state index is 13.8. The second-order valence-electron chi connectivity index (χ2n) is 5.13. The van der Waals surface area contributed by atoms with Gasteiger partial charge in [-0.3, -0.25) is 4.79 Å². The molecule has 102 valence electrons. The standard InChI is InChI=1S/C17H14F2O/c18-12-8-9-15(16(19)10-12)17(20)14-7-3-5-11-4-1-2-6-13(11)14/h1-2,4,6,8-10,14H,3,5,7H2. The summed E-state index contributed by atoms with van der Waals surface area (Å²) in [6, 6.07) is 10.9. The van der Waals surface area contributed by atoms with Crippen molar-refractivity contribution in [1.29, 1.82) is 0 Å². The van der Waals surface area contributed by atoms with Crippen LogP contribution in [0.5, 0.6) is 0 Å². The Balaban J connectivity index is 2.00. The zero-order valence-electron chi connectivity index (χ0n) is 10.9. The van der Waals surface area contributed by atoms with E-state index in [1.807, 2.05) is 24.3 Å². The molecule has 20 heavy (non-hydrogen) atoms. The number of hydrogen-bond acceptors (Lipinski definition) is 1. The van der Waals surface area contributed by atoms with Gasteiger partial charge in [0.05, 0.1) is 5.56 Å². The van der Waals surface area contributed by atoms with E-state index in [9.17, 15) is 13.6 Å². The lowest BCUT2D eigenvalue weighted by Crippen LogP contribution is -2.19. The van der Waals surface area contributed by atoms with Gasteiger partial charge in [-0.25, -0.2) is 8.78 Å². The fraction of sp³-hybridized carbons (Fsp3) is 0.235. The van der Waals surface area contributed by atoms with Gasteiger partial charge in [-0.15, -0.1) is 0 Å². The average Bonchev–Trinajstić information content (AvgIpc) is 2.46. The predicted octanol–water partition coefficient (Wildman–Crippen LogP) is 4.27. The van der Waals surface area contributed by atoms with E-state index in [0.717, 1.165) is 36.1 Å². The third kappa shape index (κ3) is 2.24. The maximum atomic E-state index is 13.8. The zero-order chi connectivity index (χ0) is 14.1. The molecule has 3 heteroatoms. The first-order valence-electron chi connectivity index (χ1n) is 6.74.